The first-order valence-corrected chi connectivity index (χ1v) is 12.3. The molecular formula is C23H23N5O4S. The molecular weight excluding hydrogens is 442 g/mol. The highest BCUT2D eigenvalue weighted by molar-refractivity contribution is 7.90. The summed E-state index contributed by atoms with van der Waals surface area (Å²) in [4.78, 5) is 36.8. The van der Waals surface area contributed by atoms with E-state index in [0.29, 0.717) is 47.6 Å². The minimum absolute atomic E-state index is 0.143. The van der Waals surface area contributed by atoms with Gasteiger partial charge in [-0.1, -0.05) is 24.3 Å². The number of amides is 1. The van der Waals surface area contributed by atoms with Gasteiger partial charge >= 0.3 is 0 Å². The summed E-state index contributed by atoms with van der Waals surface area (Å²) < 4.78 is 29.0. The first-order valence-electron chi connectivity index (χ1n) is 10.9. The van der Waals surface area contributed by atoms with E-state index in [1.807, 2.05) is 13.0 Å². The SMILES string of the molecule is CCN(Cc1nc2ccccc2c(=O)[nH]1)C(=O)[C@@H]1CCCN1C1=NS(=O)(=O)c2ccccc21. The molecule has 10 heteroatoms. The van der Waals surface area contributed by atoms with Gasteiger partial charge in [0.05, 0.1) is 17.4 Å². The third kappa shape index (κ3) is 3.70. The summed E-state index contributed by atoms with van der Waals surface area (Å²) in [5.74, 6) is 0.592. The van der Waals surface area contributed by atoms with Crippen molar-refractivity contribution in [3.8, 4) is 0 Å². The summed E-state index contributed by atoms with van der Waals surface area (Å²) in [5, 5.41) is 0.497. The molecule has 1 amide bonds. The van der Waals surface area contributed by atoms with Crippen LogP contribution in [0.5, 0.6) is 0 Å². The molecule has 1 fully saturated rings. The van der Waals surface area contributed by atoms with Crippen molar-refractivity contribution in [3.63, 3.8) is 0 Å². The maximum Gasteiger partial charge on any atom is 0.285 e. The van der Waals surface area contributed by atoms with Gasteiger partial charge in [-0.3, -0.25) is 9.59 Å². The van der Waals surface area contributed by atoms with Crippen molar-refractivity contribution < 1.29 is 13.2 Å². The van der Waals surface area contributed by atoms with Crippen LogP contribution in [0.2, 0.25) is 0 Å². The number of amidine groups is 1. The lowest BCUT2D eigenvalue weighted by Gasteiger charge is -2.30. The fourth-order valence-electron chi connectivity index (χ4n) is 4.52. The first-order chi connectivity index (χ1) is 15.9. The lowest BCUT2D eigenvalue weighted by Crippen LogP contribution is -2.47. The minimum atomic E-state index is -3.77. The third-order valence-corrected chi connectivity index (χ3v) is 7.44. The Morgan fingerprint density at radius 2 is 1.94 bits per heavy atom. The largest absolute Gasteiger partial charge is 0.343 e. The molecule has 170 valence electrons. The summed E-state index contributed by atoms with van der Waals surface area (Å²) in [6, 6.07) is 13.2. The Kier molecular flexibility index (Phi) is 5.24. The standard InChI is InChI=1S/C23H23N5O4S/c1-2-27(14-20-24-17-10-5-3-8-15(17)22(29)25-20)23(30)18-11-7-13-28(18)21-16-9-4-6-12-19(16)33(31,32)26-21/h3-6,8-10,12,18H,2,7,11,13-14H2,1H3,(H,24,25,29)/t18-/m0/s1. The lowest BCUT2D eigenvalue weighted by molar-refractivity contribution is -0.135. The molecule has 1 saturated heterocycles. The number of nitrogens with zero attached hydrogens (tertiary/aromatic N) is 4. The summed E-state index contributed by atoms with van der Waals surface area (Å²) in [7, 11) is -3.77. The van der Waals surface area contributed by atoms with E-state index in [1.165, 1.54) is 6.07 Å². The van der Waals surface area contributed by atoms with Gasteiger partial charge in [-0.15, -0.1) is 4.40 Å². The maximum absolute atomic E-state index is 13.5. The Morgan fingerprint density at radius 3 is 2.76 bits per heavy atom. The van der Waals surface area contributed by atoms with Gasteiger partial charge in [0.1, 0.15) is 16.8 Å². The number of sulfonamides is 1. The van der Waals surface area contributed by atoms with E-state index in [-0.39, 0.29) is 22.9 Å². The van der Waals surface area contributed by atoms with Crippen LogP contribution in [-0.4, -0.2) is 59.1 Å². The molecule has 9 nitrogen and oxygen atoms in total. The van der Waals surface area contributed by atoms with Crippen LogP contribution in [0.3, 0.4) is 0 Å². The molecule has 0 radical (unpaired) electrons. The number of likely N-dealkylation sites (tertiary alicyclic amines) is 1. The lowest BCUT2D eigenvalue weighted by atomic mass is 10.1. The molecule has 3 aromatic rings. The smallest absolute Gasteiger partial charge is 0.285 e. The number of hydrogen-bond donors (Lipinski definition) is 1. The number of fused-ring (bicyclic) bond motifs is 2. The van der Waals surface area contributed by atoms with Gasteiger partial charge in [-0.05, 0) is 44.0 Å². The number of para-hydroxylation sites is 1. The van der Waals surface area contributed by atoms with Crippen LogP contribution in [0.4, 0.5) is 0 Å². The molecule has 2 aromatic carbocycles. The van der Waals surface area contributed by atoms with Gasteiger partial charge in [0, 0.05) is 18.7 Å². The number of rotatable bonds is 4. The van der Waals surface area contributed by atoms with Crippen molar-refractivity contribution in [1.29, 1.82) is 0 Å². The topological polar surface area (TPSA) is 116 Å². The van der Waals surface area contributed by atoms with Crippen LogP contribution in [0.15, 0.2) is 62.6 Å². The predicted octanol–water partition coefficient (Wildman–Crippen LogP) is 1.89. The number of nitrogens with one attached hydrogen (secondary N) is 1. The van der Waals surface area contributed by atoms with Crippen molar-refractivity contribution in [2.75, 3.05) is 13.1 Å². The molecule has 5 rings (SSSR count). The van der Waals surface area contributed by atoms with Gasteiger partial charge in [0.2, 0.25) is 5.91 Å². The third-order valence-electron chi connectivity index (χ3n) is 6.12. The van der Waals surface area contributed by atoms with Crippen LogP contribution in [0.1, 0.15) is 31.2 Å². The second-order valence-corrected chi connectivity index (χ2v) is 9.69. The van der Waals surface area contributed by atoms with Crippen LogP contribution >= 0.6 is 0 Å². The number of benzene rings is 2. The van der Waals surface area contributed by atoms with Gasteiger partial charge in [-0.25, -0.2) is 4.98 Å². The van der Waals surface area contributed by atoms with E-state index in [2.05, 4.69) is 14.4 Å². The van der Waals surface area contributed by atoms with E-state index in [0.717, 1.165) is 6.42 Å². The van der Waals surface area contributed by atoms with Crippen molar-refractivity contribution in [2.24, 2.45) is 4.40 Å². The van der Waals surface area contributed by atoms with Crippen molar-refractivity contribution in [2.45, 2.75) is 37.2 Å². The molecule has 1 aromatic heterocycles. The second-order valence-electron chi connectivity index (χ2n) is 8.12. The molecule has 2 aliphatic rings. The summed E-state index contributed by atoms with van der Waals surface area (Å²) in [6.07, 6.45) is 1.35. The zero-order valence-corrected chi connectivity index (χ0v) is 18.9. The van der Waals surface area contributed by atoms with E-state index in [9.17, 15) is 18.0 Å². The van der Waals surface area contributed by atoms with E-state index in [4.69, 9.17) is 0 Å². The summed E-state index contributed by atoms with van der Waals surface area (Å²) in [6.45, 7) is 2.98. The first kappa shape index (κ1) is 21.3. The van der Waals surface area contributed by atoms with Gasteiger partial charge in [0.15, 0.2) is 5.84 Å². The number of likely N-dealkylation sites (N-methyl/N-ethyl adjacent to an activating group) is 1. The average molecular weight is 466 g/mol. The Balaban J connectivity index is 1.43. The number of aromatic amines is 1. The summed E-state index contributed by atoms with van der Waals surface area (Å²) >= 11 is 0. The Bertz CT molecular complexity index is 1450. The van der Waals surface area contributed by atoms with Gasteiger partial charge in [-0.2, -0.15) is 8.42 Å². The highest BCUT2D eigenvalue weighted by atomic mass is 32.2. The Labute approximate surface area is 190 Å². The second kappa shape index (κ2) is 8.11. The van der Waals surface area contributed by atoms with Gasteiger partial charge in [0.25, 0.3) is 15.6 Å². The Morgan fingerprint density at radius 1 is 1.18 bits per heavy atom. The Hall–Kier alpha value is -3.53. The highest BCUT2D eigenvalue weighted by Crippen LogP contribution is 2.31. The fourth-order valence-corrected chi connectivity index (χ4v) is 5.74. The molecule has 0 bridgehead atoms. The number of H-pyrrole nitrogens is 1. The molecule has 2 aliphatic heterocycles. The molecule has 3 heterocycles. The van der Waals surface area contributed by atoms with E-state index in [1.54, 1.807) is 46.2 Å². The molecule has 0 unspecified atom stereocenters. The molecule has 33 heavy (non-hydrogen) atoms. The zero-order chi connectivity index (χ0) is 23.2. The van der Waals surface area contributed by atoms with Crippen LogP contribution in [0.25, 0.3) is 10.9 Å². The average Bonchev–Trinajstić information content (AvgIpc) is 3.40. The number of hydrogen-bond acceptors (Lipinski definition) is 6. The van der Waals surface area contributed by atoms with Crippen molar-refractivity contribution >= 4 is 32.7 Å². The van der Waals surface area contributed by atoms with E-state index < -0.39 is 16.1 Å². The minimum Gasteiger partial charge on any atom is -0.343 e. The fraction of sp³-hybridized carbons (Fsp3) is 0.304. The maximum atomic E-state index is 13.5. The molecule has 0 spiro atoms. The van der Waals surface area contributed by atoms with Gasteiger partial charge < -0.3 is 14.8 Å². The highest BCUT2D eigenvalue weighted by Gasteiger charge is 2.40. The van der Waals surface area contributed by atoms with Crippen LogP contribution in [0, 0.1) is 0 Å². The van der Waals surface area contributed by atoms with E-state index >= 15 is 0 Å². The monoisotopic (exact) mass is 465 g/mol. The molecule has 1 atom stereocenters. The number of carbonyl (C=O) groups is 1. The molecule has 1 N–H and O–H groups in total. The normalized spacial score (nSPS) is 18.9. The molecule has 0 saturated carbocycles. The van der Waals surface area contributed by atoms with Crippen LogP contribution < -0.4 is 5.56 Å². The molecule has 0 aliphatic carbocycles. The van der Waals surface area contributed by atoms with Crippen molar-refractivity contribution in [1.82, 2.24) is 19.8 Å². The summed E-state index contributed by atoms with van der Waals surface area (Å²) in [5.41, 5.74) is 0.855. The predicted molar refractivity (Wildman–Crippen MR) is 123 cm³/mol. The van der Waals surface area contributed by atoms with Crippen molar-refractivity contribution in [3.05, 3.63) is 70.3 Å². The number of carbonyl (C=O) groups excluding carboxylic acids is 1. The quantitative estimate of drug-likeness (QED) is 0.629. The van der Waals surface area contributed by atoms with Crippen LogP contribution in [-0.2, 0) is 21.4 Å². The zero-order valence-electron chi connectivity index (χ0n) is 18.1. The number of aromatic nitrogens is 2.